The molecule has 1 aliphatic heterocycles. The summed E-state index contributed by atoms with van der Waals surface area (Å²) in [5.41, 5.74) is -1.93. The second-order valence-corrected chi connectivity index (χ2v) is 4.60. The van der Waals surface area contributed by atoms with Gasteiger partial charge in [-0.3, -0.25) is 9.78 Å². The molecule has 1 aliphatic rings. The first-order valence-electron chi connectivity index (χ1n) is 5.98. The molecular weight excluding hydrogens is 261 g/mol. The number of alkyl halides is 3. The number of hydrogen-bond donors (Lipinski definition) is 1. The van der Waals surface area contributed by atoms with Crippen LogP contribution in [0.3, 0.4) is 0 Å². The minimum atomic E-state index is -4.61. The molecule has 1 aromatic rings. The number of nitrogens with zero attached hydrogens (tertiary/aromatic N) is 3. The van der Waals surface area contributed by atoms with Crippen molar-refractivity contribution in [2.24, 2.45) is 0 Å². The van der Waals surface area contributed by atoms with E-state index in [2.05, 4.69) is 14.9 Å². The fourth-order valence-corrected chi connectivity index (χ4v) is 2.00. The summed E-state index contributed by atoms with van der Waals surface area (Å²) in [6, 6.07) is 0.480. The molecule has 0 unspecified atom stereocenters. The standard InChI is InChI=1S/C11H15F3N4O/c1-17-3-2-4-18(6-5-17)10-15-8(11(12,13)14)7-9(19)16-10/h7H,2-6H2,1H3,(H,15,16,19). The average Bonchev–Trinajstić information content (AvgIpc) is 2.52. The molecule has 0 saturated carbocycles. The maximum absolute atomic E-state index is 12.6. The van der Waals surface area contributed by atoms with Gasteiger partial charge in [-0.2, -0.15) is 13.2 Å². The minimum Gasteiger partial charge on any atom is -0.341 e. The van der Waals surface area contributed by atoms with E-state index in [4.69, 9.17) is 0 Å². The van der Waals surface area contributed by atoms with Gasteiger partial charge < -0.3 is 9.80 Å². The molecule has 1 N–H and O–H groups in total. The molecule has 0 aliphatic carbocycles. The summed E-state index contributed by atoms with van der Waals surface area (Å²) in [4.78, 5) is 21.0. The summed E-state index contributed by atoms with van der Waals surface area (Å²) in [6.45, 7) is 2.72. The van der Waals surface area contributed by atoms with Crippen molar-refractivity contribution in [3.8, 4) is 0 Å². The third-order valence-corrected chi connectivity index (χ3v) is 3.04. The first kappa shape index (κ1) is 13.9. The van der Waals surface area contributed by atoms with Crippen molar-refractivity contribution < 1.29 is 13.2 Å². The van der Waals surface area contributed by atoms with Gasteiger partial charge in [0, 0.05) is 25.7 Å². The van der Waals surface area contributed by atoms with Crippen molar-refractivity contribution in [1.29, 1.82) is 0 Å². The van der Waals surface area contributed by atoms with Gasteiger partial charge in [0.15, 0.2) is 5.69 Å². The third-order valence-electron chi connectivity index (χ3n) is 3.04. The Balaban J connectivity index is 2.29. The van der Waals surface area contributed by atoms with Crippen LogP contribution >= 0.6 is 0 Å². The summed E-state index contributed by atoms with van der Waals surface area (Å²) in [5, 5.41) is 0. The van der Waals surface area contributed by atoms with Crippen LogP contribution in [0.2, 0.25) is 0 Å². The lowest BCUT2D eigenvalue weighted by atomic mass is 10.4. The molecule has 2 heterocycles. The zero-order valence-electron chi connectivity index (χ0n) is 10.5. The van der Waals surface area contributed by atoms with E-state index < -0.39 is 17.4 Å². The Bertz CT molecular complexity index is 499. The van der Waals surface area contributed by atoms with Crippen molar-refractivity contribution in [2.45, 2.75) is 12.6 Å². The minimum absolute atomic E-state index is 0.00451. The summed E-state index contributed by atoms with van der Waals surface area (Å²) >= 11 is 0. The van der Waals surface area contributed by atoms with Gasteiger partial charge in [0.25, 0.3) is 5.56 Å². The van der Waals surface area contributed by atoms with Crippen LogP contribution in [0.25, 0.3) is 0 Å². The highest BCUT2D eigenvalue weighted by atomic mass is 19.4. The van der Waals surface area contributed by atoms with Gasteiger partial charge in [-0.15, -0.1) is 0 Å². The van der Waals surface area contributed by atoms with Gasteiger partial charge >= 0.3 is 6.18 Å². The van der Waals surface area contributed by atoms with E-state index in [1.165, 1.54) is 0 Å². The smallest absolute Gasteiger partial charge is 0.341 e. The highest BCUT2D eigenvalue weighted by Gasteiger charge is 2.34. The number of aromatic amines is 1. The lowest BCUT2D eigenvalue weighted by molar-refractivity contribution is -0.141. The highest BCUT2D eigenvalue weighted by molar-refractivity contribution is 5.31. The summed E-state index contributed by atoms with van der Waals surface area (Å²) in [6.07, 6.45) is -3.79. The number of hydrogen-bond acceptors (Lipinski definition) is 4. The van der Waals surface area contributed by atoms with Crippen LogP contribution in [0, 0.1) is 0 Å². The van der Waals surface area contributed by atoms with Crippen LogP contribution in [0.4, 0.5) is 19.1 Å². The monoisotopic (exact) mass is 276 g/mol. The molecule has 0 radical (unpaired) electrons. The molecule has 106 valence electrons. The Hall–Kier alpha value is -1.57. The number of halogens is 3. The molecule has 0 aromatic carbocycles. The second kappa shape index (κ2) is 5.20. The van der Waals surface area contributed by atoms with Crippen LogP contribution < -0.4 is 10.5 Å². The van der Waals surface area contributed by atoms with Crippen LogP contribution in [0.5, 0.6) is 0 Å². The molecule has 1 fully saturated rings. The van der Waals surface area contributed by atoms with E-state index in [0.29, 0.717) is 19.2 Å². The Kier molecular flexibility index (Phi) is 3.79. The first-order valence-corrected chi connectivity index (χ1v) is 5.98. The van der Waals surface area contributed by atoms with Gasteiger partial charge in [-0.25, -0.2) is 4.98 Å². The molecule has 2 rings (SSSR count). The van der Waals surface area contributed by atoms with E-state index in [1.807, 2.05) is 7.05 Å². The maximum Gasteiger partial charge on any atom is 0.433 e. The van der Waals surface area contributed by atoms with E-state index >= 15 is 0 Å². The van der Waals surface area contributed by atoms with Crippen molar-refractivity contribution in [3.05, 3.63) is 22.1 Å². The van der Waals surface area contributed by atoms with E-state index in [-0.39, 0.29) is 5.95 Å². The quantitative estimate of drug-likeness (QED) is 0.829. The van der Waals surface area contributed by atoms with Gasteiger partial charge in [-0.1, -0.05) is 0 Å². The van der Waals surface area contributed by atoms with Crippen LogP contribution in [0.15, 0.2) is 10.9 Å². The Morgan fingerprint density at radius 3 is 2.68 bits per heavy atom. The predicted molar refractivity (Wildman–Crippen MR) is 64.2 cm³/mol. The van der Waals surface area contributed by atoms with Gasteiger partial charge in [0.2, 0.25) is 5.95 Å². The van der Waals surface area contributed by atoms with Crippen molar-refractivity contribution in [2.75, 3.05) is 38.1 Å². The molecule has 0 bridgehead atoms. The molecule has 1 saturated heterocycles. The molecule has 0 spiro atoms. The number of aromatic nitrogens is 2. The molecule has 0 atom stereocenters. The molecule has 0 amide bonds. The second-order valence-electron chi connectivity index (χ2n) is 4.60. The van der Waals surface area contributed by atoms with Crippen molar-refractivity contribution in [1.82, 2.24) is 14.9 Å². The Morgan fingerprint density at radius 2 is 2.00 bits per heavy atom. The number of nitrogens with one attached hydrogen (secondary N) is 1. The zero-order chi connectivity index (χ0) is 14.0. The van der Waals surface area contributed by atoms with Crippen LogP contribution in [-0.4, -0.2) is 48.1 Å². The number of rotatable bonds is 1. The zero-order valence-corrected chi connectivity index (χ0v) is 10.5. The molecule has 1 aromatic heterocycles. The summed E-state index contributed by atoms with van der Waals surface area (Å²) < 4.78 is 37.8. The van der Waals surface area contributed by atoms with Gasteiger partial charge in [-0.05, 0) is 20.0 Å². The fourth-order valence-electron chi connectivity index (χ4n) is 2.00. The molecular formula is C11H15F3N4O. The average molecular weight is 276 g/mol. The molecule has 5 nitrogen and oxygen atoms in total. The maximum atomic E-state index is 12.6. The van der Waals surface area contributed by atoms with E-state index in [9.17, 15) is 18.0 Å². The number of likely N-dealkylation sites (N-methyl/N-ethyl adjacent to an activating group) is 1. The lowest BCUT2D eigenvalue weighted by Gasteiger charge is -2.21. The predicted octanol–water partition coefficient (Wildman–Crippen LogP) is 0.931. The fraction of sp³-hybridized carbons (Fsp3) is 0.636. The highest BCUT2D eigenvalue weighted by Crippen LogP contribution is 2.27. The molecule has 19 heavy (non-hydrogen) atoms. The van der Waals surface area contributed by atoms with E-state index in [0.717, 1.165) is 19.5 Å². The Labute approximate surface area is 108 Å². The summed E-state index contributed by atoms with van der Waals surface area (Å²) in [7, 11) is 1.95. The van der Waals surface area contributed by atoms with Crippen molar-refractivity contribution >= 4 is 5.95 Å². The van der Waals surface area contributed by atoms with Gasteiger partial charge in [0.05, 0.1) is 0 Å². The normalized spacial score (nSPS) is 18.4. The van der Waals surface area contributed by atoms with Gasteiger partial charge in [0.1, 0.15) is 0 Å². The Morgan fingerprint density at radius 1 is 1.26 bits per heavy atom. The van der Waals surface area contributed by atoms with Crippen LogP contribution in [-0.2, 0) is 6.18 Å². The summed E-state index contributed by atoms with van der Waals surface area (Å²) in [5.74, 6) is -0.00451. The topological polar surface area (TPSA) is 52.2 Å². The largest absolute Gasteiger partial charge is 0.433 e. The third kappa shape index (κ3) is 3.46. The number of H-pyrrole nitrogens is 1. The van der Waals surface area contributed by atoms with Crippen molar-refractivity contribution in [3.63, 3.8) is 0 Å². The molecule has 8 heteroatoms. The lowest BCUT2D eigenvalue weighted by Crippen LogP contribution is -2.32. The van der Waals surface area contributed by atoms with Crippen LogP contribution in [0.1, 0.15) is 12.1 Å². The SMILES string of the molecule is CN1CCCN(c2nc(C(F)(F)F)cc(=O)[nH]2)CC1. The first-order chi connectivity index (χ1) is 8.86. The number of anilines is 1. The van der Waals surface area contributed by atoms with E-state index in [1.54, 1.807) is 4.90 Å².